The first-order valence-corrected chi connectivity index (χ1v) is 7.95. The molecule has 5 heteroatoms. The fraction of sp³-hybridized carbons (Fsp3) is 0.533. The van der Waals surface area contributed by atoms with Gasteiger partial charge in [0.2, 0.25) is 0 Å². The average molecular weight is 342 g/mol. The fourth-order valence-electron chi connectivity index (χ4n) is 2.06. The number of benzene rings is 1. The van der Waals surface area contributed by atoms with E-state index in [2.05, 4.69) is 28.1 Å². The molecule has 2 rings (SSSR count). The van der Waals surface area contributed by atoms with Crippen molar-refractivity contribution in [3.05, 3.63) is 35.4 Å². The van der Waals surface area contributed by atoms with E-state index < -0.39 is 6.10 Å². The molecule has 1 atom stereocenters. The summed E-state index contributed by atoms with van der Waals surface area (Å²) in [5.74, 6) is 0.0466. The second kappa shape index (κ2) is 7.76. The van der Waals surface area contributed by atoms with Gasteiger partial charge in [0.25, 0.3) is 5.91 Å². The van der Waals surface area contributed by atoms with Crippen molar-refractivity contribution in [1.29, 1.82) is 0 Å². The summed E-state index contributed by atoms with van der Waals surface area (Å²) in [4.78, 5) is 14.0. The molecule has 1 aromatic rings. The molecule has 1 amide bonds. The van der Waals surface area contributed by atoms with Crippen LogP contribution < -0.4 is 0 Å². The Labute approximate surface area is 128 Å². The first-order chi connectivity index (χ1) is 9.70. The van der Waals surface area contributed by atoms with Crippen LogP contribution in [0, 0.1) is 0 Å². The van der Waals surface area contributed by atoms with Crippen LogP contribution in [-0.4, -0.2) is 43.2 Å². The zero-order chi connectivity index (χ0) is 14.4. The number of alkyl halides is 1. The molecule has 1 aliphatic heterocycles. The van der Waals surface area contributed by atoms with Crippen molar-refractivity contribution >= 4 is 21.8 Å². The van der Waals surface area contributed by atoms with Gasteiger partial charge in [0.1, 0.15) is 6.10 Å². The summed E-state index contributed by atoms with van der Waals surface area (Å²) in [6, 6.07) is 8.18. The maximum atomic E-state index is 12.2. The van der Waals surface area contributed by atoms with Gasteiger partial charge in [0.15, 0.2) is 0 Å². The van der Waals surface area contributed by atoms with Crippen LogP contribution in [0.15, 0.2) is 24.3 Å². The molecule has 0 spiro atoms. The predicted octanol–water partition coefficient (Wildman–Crippen LogP) is 2.35. The van der Waals surface area contributed by atoms with E-state index >= 15 is 0 Å². The Morgan fingerprint density at radius 3 is 2.50 bits per heavy atom. The largest absolute Gasteiger partial charge is 0.378 e. The average Bonchev–Trinajstić information content (AvgIpc) is 2.53. The molecular formula is C15H20BrNO3. The van der Waals surface area contributed by atoms with Crippen molar-refractivity contribution in [2.24, 2.45) is 0 Å². The van der Waals surface area contributed by atoms with Crippen molar-refractivity contribution in [2.45, 2.75) is 25.0 Å². The normalized spacial score (nSPS) is 17.0. The molecule has 1 heterocycles. The standard InChI is InChI=1S/C15H20BrNO3/c1-12(15(18)17-6-8-19-9-7-17)20-11-14-4-2-13(10-16)3-5-14/h2-5,12H,6-11H2,1H3/t12-/m1/s1. The van der Waals surface area contributed by atoms with Crippen molar-refractivity contribution in [3.63, 3.8) is 0 Å². The fourth-order valence-corrected chi connectivity index (χ4v) is 2.43. The van der Waals surface area contributed by atoms with E-state index in [9.17, 15) is 4.79 Å². The number of halogens is 1. The SMILES string of the molecule is C[C@@H](OCc1ccc(CBr)cc1)C(=O)N1CCOCC1. The summed E-state index contributed by atoms with van der Waals surface area (Å²) < 4.78 is 10.9. The number of hydrogen-bond acceptors (Lipinski definition) is 3. The molecule has 0 unspecified atom stereocenters. The van der Waals surface area contributed by atoms with Gasteiger partial charge < -0.3 is 14.4 Å². The monoisotopic (exact) mass is 341 g/mol. The minimum Gasteiger partial charge on any atom is -0.378 e. The molecule has 0 aliphatic carbocycles. The Morgan fingerprint density at radius 1 is 1.30 bits per heavy atom. The lowest BCUT2D eigenvalue weighted by Gasteiger charge is -2.29. The van der Waals surface area contributed by atoms with Gasteiger partial charge in [0.05, 0.1) is 19.8 Å². The maximum absolute atomic E-state index is 12.2. The Balaban J connectivity index is 1.81. The molecule has 0 bridgehead atoms. The van der Waals surface area contributed by atoms with E-state index in [0.29, 0.717) is 32.9 Å². The quantitative estimate of drug-likeness (QED) is 0.771. The lowest BCUT2D eigenvalue weighted by atomic mass is 10.2. The lowest BCUT2D eigenvalue weighted by molar-refractivity contribution is -0.147. The Morgan fingerprint density at radius 2 is 1.90 bits per heavy atom. The van der Waals surface area contributed by atoms with Crippen molar-refractivity contribution < 1.29 is 14.3 Å². The zero-order valence-electron chi connectivity index (χ0n) is 11.7. The molecule has 1 aliphatic rings. The van der Waals surface area contributed by atoms with Gasteiger partial charge in [-0.2, -0.15) is 0 Å². The van der Waals surface area contributed by atoms with Crippen LogP contribution >= 0.6 is 15.9 Å². The van der Waals surface area contributed by atoms with E-state index in [-0.39, 0.29) is 5.91 Å². The highest BCUT2D eigenvalue weighted by Gasteiger charge is 2.22. The van der Waals surface area contributed by atoms with E-state index in [1.54, 1.807) is 0 Å². The van der Waals surface area contributed by atoms with Crippen LogP contribution in [0.4, 0.5) is 0 Å². The summed E-state index contributed by atoms with van der Waals surface area (Å²) in [5.41, 5.74) is 2.31. The number of morpholine rings is 1. The molecule has 0 radical (unpaired) electrons. The van der Waals surface area contributed by atoms with E-state index in [1.165, 1.54) is 5.56 Å². The maximum Gasteiger partial charge on any atom is 0.251 e. The zero-order valence-corrected chi connectivity index (χ0v) is 13.3. The van der Waals surface area contributed by atoms with Crippen molar-refractivity contribution in [3.8, 4) is 0 Å². The number of ether oxygens (including phenoxy) is 2. The van der Waals surface area contributed by atoms with Crippen LogP contribution in [0.3, 0.4) is 0 Å². The summed E-state index contributed by atoms with van der Waals surface area (Å²) in [6.45, 7) is 4.82. The minimum atomic E-state index is -0.413. The summed E-state index contributed by atoms with van der Waals surface area (Å²) in [7, 11) is 0. The molecule has 20 heavy (non-hydrogen) atoms. The Kier molecular flexibility index (Phi) is 6.01. The molecule has 1 fully saturated rings. The smallest absolute Gasteiger partial charge is 0.251 e. The van der Waals surface area contributed by atoms with Gasteiger partial charge in [0, 0.05) is 18.4 Å². The molecule has 4 nitrogen and oxygen atoms in total. The van der Waals surface area contributed by atoms with Crippen molar-refractivity contribution in [1.82, 2.24) is 4.90 Å². The first-order valence-electron chi connectivity index (χ1n) is 6.82. The van der Waals surface area contributed by atoms with Gasteiger partial charge in [-0.3, -0.25) is 4.79 Å². The van der Waals surface area contributed by atoms with Gasteiger partial charge >= 0.3 is 0 Å². The molecule has 1 saturated heterocycles. The van der Waals surface area contributed by atoms with Gasteiger partial charge in [-0.25, -0.2) is 0 Å². The molecule has 0 aromatic heterocycles. The summed E-state index contributed by atoms with van der Waals surface area (Å²) in [6.07, 6.45) is -0.413. The van der Waals surface area contributed by atoms with E-state index in [1.807, 2.05) is 24.0 Å². The number of amides is 1. The van der Waals surface area contributed by atoms with Crippen molar-refractivity contribution in [2.75, 3.05) is 26.3 Å². The molecule has 1 aromatic carbocycles. The highest BCUT2D eigenvalue weighted by atomic mass is 79.9. The third-order valence-corrected chi connectivity index (χ3v) is 4.00. The van der Waals surface area contributed by atoms with E-state index in [0.717, 1.165) is 10.9 Å². The second-order valence-corrected chi connectivity index (χ2v) is 5.40. The van der Waals surface area contributed by atoms with Crippen LogP contribution in [-0.2, 0) is 26.2 Å². The van der Waals surface area contributed by atoms with Gasteiger partial charge in [-0.05, 0) is 18.1 Å². The van der Waals surface area contributed by atoms with Crippen LogP contribution in [0.5, 0.6) is 0 Å². The molecular weight excluding hydrogens is 322 g/mol. The van der Waals surface area contributed by atoms with Gasteiger partial charge in [-0.15, -0.1) is 0 Å². The Bertz CT molecular complexity index is 429. The summed E-state index contributed by atoms with van der Waals surface area (Å²) in [5, 5.41) is 0.847. The van der Waals surface area contributed by atoms with Crippen LogP contribution in [0.1, 0.15) is 18.1 Å². The molecule has 110 valence electrons. The van der Waals surface area contributed by atoms with Gasteiger partial charge in [-0.1, -0.05) is 40.2 Å². The Hall–Kier alpha value is -0.910. The molecule has 0 saturated carbocycles. The predicted molar refractivity (Wildman–Crippen MR) is 80.7 cm³/mol. The second-order valence-electron chi connectivity index (χ2n) is 4.84. The molecule has 0 N–H and O–H groups in total. The lowest BCUT2D eigenvalue weighted by Crippen LogP contribution is -2.45. The first kappa shape index (κ1) is 15.5. The number of nitrogens with zero attached hydrogens (tertiary/aromatic N) is 1. The van der Waals surface area contributed by atoms with Crippen LogP contribution in [0.2, 0.25) is 0 Å². The number of carbonyl (C=O) groups excluding carboxylic acids is 1. The van der Waals surface area contributed by atoms with Crippen LogP contribution in [0.25, 0.3) is 0 Å². The minimum absolute atomic E-state index is 0.0466. The highest BCUT2D eigenvalue weighted by Crippen LogP contribution is 2.11. The number of carbonyl (C=O) groups is 1. The summed E-state index contributed by atoms with van der Waals surface area (Å²) >= 11 is 3.42. The third-order valence-electron chi connectivity index (χ3n) is 3.35. The highest BCUT2D eigenvalue weighted by molar-refractivity contribution is 9.08. The number of hydrogen-bond donors (Lipinski definition) is 0. The number of rotatable bonds is 5. The topological polar surface area (TPSA) is 38.8 Å². The van der Waals surface area contributed by atoms with E-state index in [4.69, 9.17) is 9.47 Å². The third kappa shape index (κ3) is 4.30.